The maximum Gasteiger partial charge on any atom is 0.0734 e. The molecule has 1 nitrogen and oxygen atoms in total. The molecule has 0 radical (unpaired) electrons. The molecule has 0 bridgehead atoms. The average molecular weight is 213 g/mol. The standard InChI is InChI=1S/C15H19N/c1-10(2)12(4)14-9-8-13-7-5-6-11(3)15(13)16-14/h5-10,12H,1-4H3. The maximum atomic E-state index is 4.80. The number of rotatable bonds is 2. The van der Waals surface area contributed by atoms with Crippen molar-refractivity contribution >= 4 is 10.9 Å². The van der Waals surface area contributed by atoms with Crippen LogP contribution in [0.25, 0.3) is 10.9 Å². The molecule has 2 rings (SSSR count). The van der Waals surface area contributed by atoms with E-state index in [4.69, 9.17) is 4.98 Å². The van der Waals surface area contributed by atoms with Crippen LogP contribution in [0.3, 0.4) is 0 Å². The van der Waals surface area contributed by atoms with E-state index in [0.29, 0.717) is 11.8 Å². The summed E-state index contributed by atoms with van der Waals surface area (Å²) in [6.07, 6.45) is 0. The number of hydrogen-bond acceptors (Lipinski definition) is 1. The highest BCUT2D eigenvalue weighted by atomic mass is 14.7. The summed E-state index contributed by atoms with van der Waals surface area (Å²) in [6, 6.07) is 10.7. The van der Waals surface area contributed by atoms with Crippen LogP contribution in [0, 0.1) is 12.8 Å². The van der Waals surface area contributed by atoms with Gasteiger partial charge in [-0.25, -0.2) is 0 Å². The van der Waals surface area contributed by atoms with Gasteiger partial charge in [-0.1, -0.05) is 45.0 Å². The lowest BCUT2D eigenvalue weighted by Gasteiger charge is -2.15. The zero-order chi connectivity index (χ0) is 11.7. The molecule has 0 spiro atoms. The van der Waals surface area contributed by atoms with E-state index in [2.05, 4.69) is 58.0 Å². The maximum absolute atomic E-state index is 4.80. The monoisotopic (exact) mass is 213 g/mol. The molecule has 0 saturated carbocycles. The first-order chi connectivity index (χ1) is 7.59. The van der Waals surface area contributed by atoms with Gasteiger partial charge in [0.05, 0.1) is 5.52 Å². The number of nitrogens with zero attached hydrogens (tertiary/aromatic N) is 1. The number of aryl methyl sites for hydroxylation is 1. The summed E-state index contributed by atoms with van der Waals surface area (Å²) < 4.78 is 0. The van der Waals surface area contributed by atoms with Gasteiger partial charge in [0.25, 0.3) is 0 Å². The van der Waals surface area contributed by atoms with Crippen LogP contribution in [0.4, 0.5) is 0 Å². The van der Waals surface area contributed by atoms with Crippen LogP contribution >= 0.6 is 0 Å². The van der Waals surface area contributed by atoms with E-state index in [-0.39, 0.29) is 0 Å². The molecule has 0 aliphatic rings. The Balaban J connectivity index is 2.55. The summed E-state index contributed by atoms with van der Waals surface area (Å²) in [5, 5.41) is 1.24. The molecule has 0 saturated heterocycles. The Hall–Kier alpha value is -1.37. The largest absolute Gasteiger partial charge is 0.252 e. The number of aromatic nitrogens is 1. The molecule has 0 N–H and O–H groups in total. The van der Waals surface area contributed by atoms with Crippen molar-refractivity contribution in [1.29, 1.82) is 0 Å². The average Bonchev–Trinajstić information content (AvgIpc) is 2.28. The fraction of sp³-hybridized carbons (Fsp3) is 0.400. The lowest BCUT2D eigenvalue weighted by molar-refractivity contribution is 0.525. The molecule has 2 aromatic rings. The van der Waals surface area contributed by atoms with Gasteiger partial charge >= 0.3 is 0 Å². The van der Waals surface area contributed by atoms with E-state index in [1.54, 1.807) is 0 Å². The first kappa shape index (κ1) is 11.1. The molecule has 1 heterocycles. The van der Waals surface area contributed by atoms with Crippen LogP contribution in [0.2, 0.25) is 0 Å². The molecule has 1 aromatic carbocycles. The topological polar surface area (TPSA) is 12.9 Å². The SMILES string of the molecule is Cc1cccc2ccc(C(C)C(C)C)nc12. The van der Waals surface area contributed by atoms with E-state index in [0.717, 1.165) is 5.52 Å². The van der Waals surface area contributed by atoms with Crippen molar-refractivity contribution in [3.63, 3.8) is 0 Å². The van der Waals surface area contributed by atoms with Crippen molar-refractivity contribution in [3.05, 3.63) is 41.6 Å². The Morgan fingerprint density at radius 3 is 2.44 bits per heavy atom. The van der Waals surface area contributed by atoms with Crippen LogP contribution < -0.4 is 0 Å². The van der Waals surface area contributed by atoms with Crippen LogP contribution in [-0.4, -0.2) is 4.98 Å². The molecule has 0 aliphatic carbocycles. The quantitative estimate of drug-likeness (QED) is 0.724. The number of para-hydroxylation sites is 1. The first-order valence-electron chi connectivity index (χ1n) is 5.96. The van der Waals surface area contributed by atoms with Gasteiger partial charge in [0.2, 0.25) is 0 Å². The van der Waals surface area contributed by atoms with Gasteiger partial charge in [-0.2, -0.15) is 0 Å². The lowest BCUT2D eigenvalue weighted by atomic mass is 9.93. The minimum absolute atomic E-state index is 0.518. The van der Waals surface area contributed by atoms with E-state index in [1.807, 2.05) is 0 Å². The van der Waals surface area contributed by atoms with E-state index in [9.17, 15) is 0 Å². The van der Waals surface area contributed by atoms with E-state index in [1.165, 1.54) is 16.6 Å². The second kappa shape index (κ2) is 4.25. The predicted octanol–water partition coefficient (Wildman–Crippen LogP) is 4.30. The lowest BCUT2D eigenvalue weighted by Crippen LogP contribution is -2.04. The molecular weight excluding hydrogens is 194 g/mol. The summed E-state index contributed by atoms with van der Waals surface area (Å²) in [7, 11) is 0. The third-order valence-corrected chi connectivity index (χ3v) is 3.41. The second-order valence-corrected chi connectivity index (χ2v) is 4.92. The summed E-state index contributed by atoms with van der Waals surface area (Å²) >= 11 is 0. The molecule has 16 heavy (non-hydrogen) atoms. The second-order valence-electron chi connectivity index (χ2n) is 4.92. The third-order valence-electron chi connectivity index (χ3n) is 3.41. The summed E-state index contributed by atoms with van der Waals surface area (Å²) in [5.41, 5.74) is 3.61. The number of fused-ring (bicyclic) bond motifs is 1. The molecular formula is C15H19N. The first-order valence-corrected chi connectivity index (χ1v) is 5.96. The molecule has 1 aromatic heterocycles. The zero-order valence-corrected chi connectivity index (χ0v) is 10.5. The Morgan fingerprint density at radius 2 is 1.75 bits per heavy atom. The van der Waals surface area contributed by atoms with Crippen LogP contribution in [0.15, 0.2) is 30.3 Å². The van der Waals surface area contributed by atoms with Crippen LogP contribution in [0.5, 0.6) is 0 Å². The summed E-state index contributed by atoms with van der Waals surface area (Å²) in [5.74, 6) is 1.15. The summed E-state index contributed by atoms with van der Waals surface area (Å²) in [6.45, 7) is 8.86. The zero-order valence-electron chi connectivity index (χ0n) is 10.5. The van der Waals surface area contributed by atoms with Crippen LogP contribution in [0.1, 0.15) is 37.9 Å². The minimum Gasteiger partial charge on any atom is -0.252 e. The highest BCUT2D eigenvalue weighted by Gasteiger charge is 2.12. The van der Waals surface area contributed by atoms with Crippen molar-refractivity contribution in [1.82, 2.24) is 4.98 Å². The number of benzene rings is 1. The predicted molar refractivity (Wildman–Crippen MR) is 69.7 cm³/mol. The van der Waals surface area contributed by atoms with Crippen molar-refractivity contribution in [2.75, 3.05) is 0 Å². The molecule has 0 fully saturated rings. The highest BCUT2D eigenvalue weighted by molar-refractivity contribution is 5.81. The van der Waals surface area contributed by atoms with Gasteiger partial charge in [-0.3, -0.25) is 4.98 Å². The van der Waals surface area contributed by atoms with Crippen molar-refractivity contribution in [2.24, 2.45) is 5.92 Å². The van der Waals surface area contributed by atoms with Gasteiger partial charge in [0.15, 0.2) is 0 Å². The van der Waals surface area contributed by atoms with Crippen molar-refractivity contribution in [3.8, 4) is 0 Å². The van der Waals surface area contributed by atoms with Gasteiger partial charge in [0, 0.05) is 17.0 Å². The third kappa shape index (κ3) is 1.95. The van der Waals surface area contributed by atoms with Gasteiger partial charge in [-0.05, 0) is 24.5 Å². The van der Waals surface area contributed by atoms with Crippen molar-refractivity contribution < 1.29 is 0 Å². The fourth-order valence-electron chi connectivity index (χ4n) is 1.91. The molecule has 1 unspecified atom stereocenters. The molecule has 0 amide bonds. The molecule has 0 aliphatic heterocycles. The normalized spacial score (nSPS) is 13.3. The van der Waals surface area contributed by atoms with Crippen molar-refractivity contribution in [2.45, 2.75) is 33.6 Å². The van der Waals surface area contributed by atoms with Crippen LogP contribution in [-0.2, 0) is 0 Å². The highest BCUT2D eigenvalue weighted by Crippen LogP contribution is 2.25. The Bertz CT molecular complexity index is 500. The van der Waals surface area contributed by atoms with Gasteiger partial charge in [0.1, 0.15) is 0 Å². The molecule has 1 atom stereocenters. The fourth-order valence-corrected chi connectivity index (χ4v) is 1.91. The number of hydrogen-bond donors (Lipinski definition) is 0. The Kier molecular flexibility index (Phi) is 2.95. The molecule has 84 valence electrons. The Labute approximate surface area is 97.5 Å². The van der Waals surface area contributed by atoms with E-state index < -0.39 is 0 Å². The number of pyridine rings is 1. The summed E-state index contributed by atoms with van der Waals surface area (Å²) in [4.78, 5) is 4.80. The van der Waals surface area contributed by atoms with Gasteiger partial charge < -0.3 is 0 Å². The smallest absolute Gasteiger partial charge is 0.0734 e. The van der Waals surface area contributed by atoms with E-state index >= 15 is 0 Å². The Morgan fingerprint density at radius 1 is 1.00 bits per heavy atom. The minimum atomic E-state index is 0.518. The van der Waals surface area contributed by atoms with Gasteiger partial charge in [-0.15, -0.1) is 0 Å². The molecule has 1 heteroatoms.